The largest absolute Gasteiger partial charge is 0.737 e. The van der Waals surface area contributed by atoms with Crippen molar-refractivity contribution in [2.75, 3.05) is 0 Å². The Morgan fingerprint density at radius 1 is 0.783 bits per heavy atom. The molecule has 0 bridgehead atoms. The predicted octanol–water partition coefficient (Wildman–Crippen LogP) is 4.27. The van der Waals surface area contributed by atoms with Gasteiger partial charge in [-0.2, -0.15) is 0 Å². The van der Waals surface area contributed by atoms with Crippen LogP contribution in [-0.2, 0) is 12.6 Å². The monoisotopic (exact) mass is 426 g/mol. The molecule has 3 aromatic rings. The van der Waals surface area contributed by atoms with Crippen LogP contribution in [0.1, 0.15) is 15.9 Å². The molecular weight excluding hydrogens is 410 g/mol. The van der Waals surface area contributed by atoms with Gasteiger partial charge in [0.15, 0.2) is 0 Å². The molecule has 0 saturated heterocycles. The molecule has 5 radical (unpaired) electrons. The van der Waals surface area contributed by atoms with E-state index in [-0.39, 0.29) is 29.5 Å². The van der Waals surface area contributed by atoms with E-state index in [2.05, 4.69) is 24.8 Å². The van der Waals surface area contributed by atoms with E-state index in [0.717, 1.165) is 5.56 Å². The summed E-state index contributed by atoms with van der Waals surface area (Å²) < 4.78 is 0. The third-order valence-electron chi connectivity index (χ3n) is 2.50. The molecule has 3 heteroatoms. The van der Waals surface area contributed by atoms with Crippen molar-refractivity contribution >= 4 is 42.2 Å². The number of carbonyl (C=O) groups excluding carboxylic acids is 1. The maximum absolute atomic E-state index is 10.6. The molecule has 0 heterocycles. The SMILES string of the molecule is Cc1ccc(C(=O)[S-])cc1.[Sb].[c]1ccccc1.[c]1ccccc1. The molecule has 0 aromatic heterocycles. The molecule has 3 aromatic carbocycles. The summed E-state index contributed by atoms with van der Waals surface area (Å²) in [5, 5.41) is -0.292. The van der Waals surface area contributed by atoms with Crippen LogP contribution < -0.4 is 0 Å². The van der Waals surface area contributed by atoms with Gasteiger partial charge in [0.25, 0.3) is 0 Å². The van der Waals surface area contributed by atoms with Gasteiger partial charge in [-0.15, -0.1) is 0 Å². The minimum Gasteiger partial charge on any atom is -0.737 e. The van der Waals surface area contributed by atoms with Gasteiger partial charge in [0.05, 0.1) is 0 Å². The van der Waals surface area contributed by atoms with Gasteiger partial charge in [0, 0.05) is 29.5 Å². The first-order chi connectivity index (χ1) is 10.7. The predicted molar refractivity (Wildman–Crippen MR) is 99.2 cm³/mol. The van der Waals surface area contributed by atoms with E-state index in [0.29, 0.717) is 5.56 Å². The molecular formula is C20H17OSSb-. The molecule has 0 unspecified atom stereocenters. The Bertz CT molecular complexity index is 540. The zero-order chi connectivity index (χ0) is 16.0. The molecule has 1 nitrogen and oxygen atoms in total. The van der Waals surface area contributed by atoms with E-state index < -0.39 is 0 Å². The number of aryl methyl sites for hydroxylation is 1. The van der Waals surface area contributed by atoms with E-state index in [4.69, 9.17) is 0 Å². The second kappa shape index (κ2) is 14.0. The number of benzene rings is 3. The number of hydrogen-bond acceptors (Lipinski definition) is 2. The second-order valence-electron chi connectivity index (χ2n) is 4.31. The normalized spacial score (nSPS) is 8.22. The standard InChI is InChI=1S/C8H8OS.2C6H5.Sb/c1-6-2-4-7(5-3-6)8(9)10;2*1-2-4-6-5-3-1;/h2-5H,1H3,(H,9,10);2*1-5H;/p-1. The quantitative estimate of drug-likeness (QED) is 0.426. The maximum Gasteiger partial charge on any atom is 0.0422 e. The van der Waals surface area contributed by atoms with Crippen LogP contribution in [0.15, 0.2) is 84.9 Å². The van der Waals surface area contributed by atoms with Crippen LogP contribution >= 0.6 is 0 Å². The molecule has 0 atom stereocenters. The molecule has 0 aliphatic rings. The average Bonchev–Trinajstić information content (AvgIpc) is 2.59. The minimum absolute atomic E-state index is 0. The van der Waals surface area contributed by atoms with Gasteiger partial charge in [-0.05, 0) is 24.6 Å². The number of carbonyl (C=O) groups is 1. The molecule has 115 valence electrons. The van der Waals surface area contributed by atoms with E-state index in [9.17, 15) is 4.79 Å². The summed E-state index contributed by atoms with van der Waals surface area (Å²) in [7, 11) is 0. The van der Waals surface area contributed by atoms with Crippen LogP contribution in [0.2, 0.25) is 0 Å². The molecule has 0 fully saturated rings. The van der Waals surface area contributed by atoms with Gasteiger partial charge in [-0.3, -0.25) is 0 Å². The van der Waals surface area contributed by atoms with Crippen molar-refractivity contribution in [3.8, 4) is 0 Å². The topological polar surface area (TPSA) is 17.1 Å². The summed E-state index contributed by atoms with van der Waals surface area (Å²) in [6, 6.07) is 32.2. The van der Waals surface area contributed by atoms with Gasteiger partial charge < -0.3 is 17.4 Å². The first kappa shape index (κ1) is 21.4. The summed E-state index contributed by atoms with van der Waals surface area (Å²) in [4.78, 5) is 10.6. The van der Waals surface area contributed by atoms with E-state index in [1.165, 1.54) is 0 Å². The first-order valence-electron chi connectivity index (χ1n) is 6.80. The molecule has 0 amide bonds. The van der Waals surface area contributed by atoms with Crippen molar-refractivity contribution in [3.05, 3.63) is 108 Å². The maximum atomic E-state index is 10.6. The Balaban J connectivity index is 0.000000325. The van der Waals surface area contributed by atoms with Crippen molar-refractivity contribution in [2.45, 2.75) is 6.92 Å². The molecule has 0 aliphatic heterocycles. The minimum atomic E-state index is -0.292. The molecule has 0 aliphatic carbocycles. The Morgan fingerprint density at radius 2 is 1.17 bits per heavy atom. The average molecular weight is 427 g/mol. The first-order valence-corrected chi connectivity index (χ1v) is 7.21. The van der Waals surface area contributed by atoms with Gasteiger partial charge in [-0.25, -0.2) is 0 Å². The van der Waals surface area contributed by atoms with Gasteiger partial charge in [-0.1, -0.05) is 90.5 Å². The van der Waals surface area contributed by atoms with Crippen molar-refractivity contribution < 1.29 is 4.79 Å². The van der Waals surface area contributed by atoms with Crippen LogP contribution in [-0.4, -0.2) is 29.5 Å². The Hall–Kier alpha value is -1.63. The molecule has 0 spiro atoms. The van der Waals surface area contributed by atoms with Gasteiger partial charge >= 0.3 is 0 Å². The van der Waals surface area contributed by atoms with Crippen LogP contribution in [0.5, 0.6) is 0 Å². The summed E-state index contributed by atoms with van der Waals surface area (Å²) in [6.45, 7) is 1.97. The number of rotatable bonds is 1. The smallest absolute Gasteiger partial charge is 0.0422 e. The van der Waals surface area contributed by atoms with E-state index >= 15 is 0 Å². The van der Waals surface area contributed by atoms with Crippen LogP contribution in [0.25, 0.3) is 0 Å². The fourth-order valence-electron chi connectivity index (χ4n) is 1.37. The van der Waals surface area contributed by atoms with Crippen LogP contribution in [0.3, 0.4) is 0 Å². The molecule has 0 N–H and O–H groups in total. The summed E-state index contributed by atoms with van der Waals surface area (Å²) >= 11 is 4.45. The molecule has 3 rings (SSSR count). The van der Waals surface area contributed by atoms with E-state index in [1.54, 1.807) is 12.1 Å². The van der Waals surface area contributed by atoms with Gasteiger partial charge in [0.1, 0.15) is 0 Å². The van der Waals surface area contributed by atoms with Crippen molar-refractivity contribution in [3.63, 3.8) is 0 Å². The third kappa shape index (κ3) is 11.6. The Kier molecular flexibility index (Phi) is 13.0. The van der Waals surface area contributed by atoms with Crippen LogP contribution in [0, 0.1) is 19.1 Å². The zero-order valence-electron chi connectivity index (χ0n) is 12.8. The summed E-state index contributed by atoms with van der Waals surface area (Å²) in [5.41, 5.74) is 1.74. The third-order valence-corrected chi connectivity index (χ3v) is 2.74. The Morgan fingerprint density at radius 3 is 1.39 bits per heavy atom. The Labute approximate surface area is 161 Å². The molecule has 23 heavy (non-hydrogen) atoms. The summed E-state index contributed by atoms with van der Waals surface area (Å²) in [6.07, 6.45) is 0. The van der Waals surface area contributed by atoms with Gasteiger partial charge in [0.2, 0.25) is 0 Å². The zero-order valence-corrected chi connectivity index (χ0v) is 16.2. The second-order valence-corrected chi connectivity index (χ2v) is 4.68. The fourth-order valence-corrected chi connectivity index (χ4v) is 1.51. The van der Waals surface area contributed by atoms with Crippen LogP contribution in [0.4, 0.5) is 0 Å². The van der Waals surface area contributed by atoms with Crippen molar-refractivity contribution in [1.29, 1.82) is 0 Å². The number of hydrogen-bond donors (Lipinski definition) is 0. The molecule has 0 saturated carbocycles. The fraction of sp³-hybridized carbons (Fsp3) is 0.0500. The van der Waals surface area contributed by atoms with Crippen molar-refractivity contribution in [2.24, 2.45) is 0 Å². The summed E-state index contributed by atoms with van der Waals surface area (Å²) in [5.74, 6) is 0. The van der Waals surface area contributed by atoms with Crippen molar-refractivity contribution in [1.82, 2.24) is 0 Å². The van der Waals surface area contributed by atoms with E-state index in [1.807, 2.05) is 79.7 Å².